The standard InChI is InChI=1S/C16H24BrNO3/c1-16(2,9-10-19)12-18-15(20)4-3-11-21-14-7-5-13(17)6-8-14/h5-8,19H,3-4,9-12H2,1-2H3,(H,18,20). The molecule has 0 atom stereocenters. The summed E-state index contributed by atoms with van der Waals surface area (Å²) in [7, 11) is 0. The molecule has 0 aliphatic carbocycles. The van der Waals surface area contributed by atoms with Crippen LogP contribution in [0, 0.1) is 5.41 Å². The molecule has 21 heavy (non-hydrogen) atoms. The molecule has 0 spiro atoms. The van der Waals surface area contributed by atoms with E-state index in [9.17, 15) is 4.79 Å². The molecule has 0 saturated carbocycles. The number of ether oxygens (including phenoxy) is 1. The normalized spacial score (nSPS) is 11.2. The summed E-state index contributed by atoms with van der Waals surface area (Å²) in [6.07, 6.45) is 1.81. The SMILES string of the molecule is CC(C)(CCO)CNC(=O)CCCOc1ccc(Br)cc1. The van der Waals surface area contributed by atoms with Crippen LogP contribution in [-0.2, 0) is 4.79 Å². The first kappa shape index (κ1) is 18.0. The lowest BCUT2D eigenvalue weighted by Gasteiger charge is -2.23. The van der Waals surface area contributed by atoms with Crippen molar-refractivity contribution in [3.63, 3.8) is 0 Å². The predicted octanol–water partition coefficient (Wildman–Crippen LogP) is 3.13. The van der Waals surface area contributed by atoms with Gasteiger partial charge in [0.2, 0.25) is 5.91 Å². The van der Waals surface area contributed by atoms with E-state index in [2.05, 4.69) is 21.2 Å². The van der Waals surface area contributed by atoms with Crippen molar-refractivity contribution >= 4 is 21.8 Å². The van der Waals surface area contributed by atoms with Crippen LogP contribution in [0.5, 0.6) is 5.75 Å². The number of halogens is 1. The Morgan fingerprint density at radius 3 is 2.62 bits per heavy atom. The maximum Gasteiger partial charge on any atom is 0.220 e. The zero-order valence-corrected chi connectivity index (χ0v) is 14.3. The molecule has 2 N–H and O–H groups in total. The second-order valence-electron chi connectivity index (χ2n) is 5.82. The van der Waals surface area contributed by atoms with Crippen molar-refractivity contribution in [3.05, 3.63) is 28.7 Å². The number of carbonyl (C=O) groups is 1. The fourth-order valence-electron chi connectivity index (χ4n) is 1.77. The highest BCUT2D eigenvalue weighted by atomic mass is 79.9. The number of aliphatic hydroxyl groups is 1. The van der Waals surface area contributed by atoms with E-state index in [0.717, 1.165) is 10.2 Å². The number of aliphatic hydroxyl groups excluding tert-OH is 1. The second-order valence-corrected chi connectivity index (χ2v) is 6.74. The van der Waals surface area contributed by atoms with Crippen molar-refractivity contribution in [1.82, 2.24) is 5.32 Å². The molecule has 0 unspecified atom stereocenters. The summed E-state index contributed by atoms with van der Waals surface area (Å²) in [5.41, 5.74) is -0.0711. The maximum atomic E-state index is 11.7. The van der Waals surface area contributed by atoms with Crippen LogP contribution >= 0.6 is 15.9 Å². The monoisotopic (exact) mass is 357 g/mol. The third-order valence-corrected chi connectivity index (χ3v) is 3.71. The molecule has 0 saturated heterocycles. The molecule has 118 valence electrons. The van der Waals surface area contributed by atoms with Gasteiger partial charge in [-0.25, -0.2) is 0 Å². The quantitative estimate of drug-likeness (QED) is 0.667. The van der Waals surface area contributed by atoms with Crippen LogP contribution < -0.4 is 10.1 Å². The number of carbonyl (C=O) groups excluding carboxylic acids is 1. The molecule has 0 bridgehead atoms. The molecule has 0 aromatic heterocycles. The summed E-state index contributed by atoms with van der Waals surface area (Å²) < 4.78 is 6.58. The van der Waals surface area contributed by atoms with Crippen LogP contribution in [0.15, 0.2) is 28.7 Å². The maximum absolute atomic E-state index is 11.7. The fraction of sp³-hybridized carbons (Fsp3) is 0.562. The molecule has 1 rings (SSSR count). The van der Waals surface area contributed by atoms with Gasteiger partial charge in [-0.1, -0.05) is 29.8 Å². The summed E-state index contributed by atoms with van der Waals surface area (Å²) >= 11 is 3.37. The minimum absolute atomic E-state index is 0.0282. The molecule has 0 aliphatic rings. The van der Waals surface area contributed by atoms with Crippen molar-refractivity contribution < 1.29 is 14.6 Å². The lowest BCUT2D eigenvalue weighted by Crippen LogP contribution is -2.34. The molecular formula is C16H24BrNO3. The van der Waals surface area contributed by atoms with Gasteiger partial charge in [0, 0.05) is 24.0 Å². The topological polar surface area (TPSA) is 58.6 Å². The molecule has 0 heterocycles. The third kappa shape index (κ3) is 8.07. The van der Waals surface area contributed by atoms with Gasteiger partial charge in [-0.15, -0.1) is 0 Å². The van der Waals surface area contributed by atoms with Crippen molar-refractivity contribution in [1.29, 1.82) is 0 Å². The zero-order chi connectivity index (χ0) is 15.7. The number of rotatable bonds is 9. The number of nitrogens with one attached hydrogen (secondary N) is 1. The van der Waals surface area contributed by atoms with Crippen molar-refractivity contribution in [2.45, 2.75) is 33.1 Å². The lowest BCUT2D eigenvalue weighted by atomic mass is 9.90. The zero-order valence-electron chi connectivity index (χ0n) is 12.7. The minimum Gasteiger partial charge on any atom is -0.494 e. The molecule has 0 aliphatic heterocycles. The first-order valence-corrected chi connectivity index (χ1v) is 7.98. The van der Waals surface area contributed by atoms with E-state index < -0.39 is 0 Å². The van der Waals surface area contributed by atoms with Gasteiger partial charge in [-0.3, -0.25) is 4.79 Å². The lowest BCUT2D eigenvalue weighted by molar-refractivity contribution is -0.121. The number of benzene rings is 1. The Balaban J connectivity index is 2.15. The van der Waals surface area contributed by atoms with E-state index in [1.807, 2.05) is 38.1 Å². The number of amides is 1. The Morgan fingerprint density at radius 1 is 1.33 bits per heavy atom. The highest BCUT2D eigenvalue weighted by Gasteiger charge is 2.17. The molecule has 4 nitrogen and oxygen atoms in total. The molecule has 0 radical (unpaired) electrons. The van der Waals surface area contributed by atoms with E-state index >= 15 is 0 Å². The summed E-state index contributed by atoms with van der Waals surface area (Å²) in [6, 6.07) is 7.62. The summed E-state index contributed by atoms with van der Waals surface area (Å²) in [4.78, 5) is 11.7. The smallest absolute Gasteiger partial charge is 0.220 e. The Hall–Kier alpha value is -1.07. The van der Waals surface area contributed by atoms with Crippen LogP contribution in [0.1, 0.15) is 33.1 Å². The van der Waals surface area contributed by atoms with Gasteiger partial charge in [0.05, 0.1) is 6.61 Å². The predicted molar refractivity (Wildman–Crippen MR) is 87.4 cm³/mol. The average molecular weight is 358 g/mol. The van der Waals surface area contributed by atoms with Crippen LogP contribution in [0.25, 0.3) is 0 Å². The molecule has 0 fully saturated rings. The highest BCUT2D eigenvalue weighted by Crippen LogP contribution is 2.18. The summed E-state index contributed by atoms with van der Waals surface area (Å²) in [6.45, 7) is 5.30. The summed E-state index contributed by atoms with van der Waals surface area (Å²) in [5, 5.41) is 11.8. The first-order chi connectivity index (χ1) is 9.93. The molecular weight excluding hydrogens is 334 g/mol. The van der Waals surface area contributed by atoms with E-state index in [4.69, 9.17) is 9.84 Å². The van der Waals surface area contributed by atoms with Gasteiger partial charge < -0.3 is 15.2 Å². The fourth-order valence-corrected chi connectivity index (χ4v) is 2.04. The van der Waals surface area contributed by atoms with Crippen LogP contribution in [0.3, 0.4) is 0 Å². The largest absolute Gasteiger partial charge is 0.494 e. The molecule has 1 amide bonds. The van der Waals surface area contributed by atoms with Gasteiger partial charge in [-0.2, -0.15) is 0 Å². The van der Waals surface area contributed by atoms with Crippen LogP contribution in [-0.4, -0.2) is 30.8 Å². The average Bonchev–Trinajstić information content (AvgIpc) is 2.43. The minimum atomic E-state index is -0.0711. The van der Waals surface area contributed by atoms with Crippen LogP contribution in [0.4, 0.5) is 0 Å². The van der Waals surface area contributed by atoms with Gasteiger partial charge in [0.1, 0.15) is 5.75 Å². The van der Waals surface area contributed by atoms with E-state index in [1.165, 1.54) is 0 Å². The summed E-state index contributed by atoms with van der Waals surface area (Å²) in [5.74, 6) is 0.836. The Kier molecular flexibility index (Phi) is 7.75. The third-order valence-electron chi connectivity index (χ3n) is 3.18. The molecule has 1 aromatic carbocycles. The Bertz CT molecular complexity index is 432. The first-order valence-electron chi connectivity index (χ1n) is 7.19. The number of hydrogen-bond donors (Lipinski definition) is 2. The van der Waals surface area contributed by atoms with Gasteiger partial charge in [-0.05, 0) is 42.5 Å². The molecule has 1 aromatic rings. The molecule has 5 heteroatoms. The van der Waals surface area contributed by atoms with Crippen LogP contribution in [0.2, 0.25) is 0 Å². The van der Waals surface area contributed by atoms with E-state index in [1.54, 1.807) is 0 Å². The van der Waals surface area contributed by atoms with E-state index in [0.29, 0.717) is 32.4 Å². The Morgan fingerprint density at radius 2 is 2.00 bits per heavy atom. The van der Waals surface area contributed by atoms with Gasteiger partial charge in [0.25, 0.3) is 0 Å². The Labute approximate surface area is 135 Å². The second kappa shape index (κ2) is 9.05. The van der Waals surface area contributed by atoms with Crippen molar-refractivity contribution in [2.24, 2.45) is 5.41 Å². The van der Waals surface area contributed by atoms with Crippen molar-refractivity contribution in [3.8, 4) is 5.75 Å². The van der Waals surface area contributed by atoms with Gasteiger partial charge in [0.15, 0.2) is 0 Å². The van der Waals surface area contributed by atoms with Crippen molar-refractivity contribution in [2.75, 3.05) is 19.8 Å². The van der Waals surface area contributed by atoms with E-state index in [-0.39, 0.29) is 17.9 Å². The number of hydrogen-bond acceptors (Lipinski definition) is 3. The van der Waals surface area contributed by atoms with Gasteiger partial charge >= 0.3 is 0 Å². The highest BCUT2D eigenvalue weighted by molar-refractivity contribution is 9.10.